The van der Waals surface area contributed by atoms with Crippen molar-refractivity contribution < 1.29 is 14.3 Å². The van der Waals surface area contributed by atoms with Crippen LogP contribution in [0.1, 0.15) is 18.4 Å². The monoisotopic (exact) mass is 421 g/mol. The minimum Gasteiger partial charge on any atom is -0.355 e. The first-order valence-corrected chi connectivity index (χ1v) is 10.1. The molecule has 2 aliphatic heterocycles. The van der Waals surface area contributed by atoms with Crippen molar-refractivity contribution in [2.75, 3.05) is 37.7 Å². The van der Waals surface area contributed by atoms with Crippen LogP contribution in [0.15, 0.2) is 47.4 Å². The number of carbonyl (C=O) groups excluding carboxylic acids is 1. The van der Waals surface area contributed by atoms with Crippen molar-refractivity contribution in [3.63, 3.8) is 0 Å². The Kier molecular flexibility index (Phi) is 5.84. The first kappa shape index (κ1) is 20.8. The number of pyridine rings is 1. The number of amides is 1. The van der Waals surface area contributed by atoms with Crippen molar-refractivity contribution in [1.82, 2.24) is 14.7 Å². The van der Waals surface area contributed by atoms with Gasteiger partial charge >= 0.3 is 0 Å². The van der Waals surface area contributed by atoms with Gasteiger partial charge in [-0.1, -0.05) is 12.1 Å². The van der Waals surface area contributed by atoms with E-state index in [1.165, 1.54) is 16.6 Å². The van der Waals surface area contributed by atoms with Crippen LogP contribution < -0.4 is 15.8 Å². The normalized spacial score (nSPS) is 18.2. The number of piperidine rings is 1. The molecule has 4 rings (SSSR count). The molecule has 2 saturated heterocycles. The number of aromatic nitrogens is 2. The van der Waals surface area contributed by atoms with Crippen LogP contribution >= 0.6 is 0 Å². The molecule has 2 fully saturated rings. The topological polar surface area (TPSA) is 109 Å². The predicted octanol–water partition coefficient (Wildman–Crippen LogP) is 1.25. The van der Waals surface area contributed by atoms with Gasteiger partial charge in [-0.3, -0.25) is 14.0 Å². The highest BCUT2D eigenvalue weighted by molar-refractivity contribution is 6.02. The smallest absolute Gasteiger partial charge is 0.267 e. The standard InChI is InChI=1S/C22H23N5O4/c1-2-8-24-20(28)16(15-23)14-17-19(25-18-5-3-4-9-27(18)21(17)29)26-10-6-22(7-11-26)30-12-13-31-22/h2-5,9,14H,1,6-8,10-13H2,(H,24,28). The van der Waals surface area contributed by atoms with Gasteiger partial charge < -0.3 is 19.7 Å². The first-order chi connectivity index (χ1) is 15.1. The second-order valence-electron chi connectivity index (χ2n) is 7.35. The van der Waals surface area contributed by atoms with Crippen molar-refractivity contribution in [3.8, 4) is 6.07 Å². The number of nitrogens with one attached hydrogen (secondary N) is 1. The third-order valence-corrected chi connectivity index (χ3v) is 5.45. The van der Waals surface area contributed by atoms with Crippen molar-refractivity contribution >= 4 is 23.4 Å². The fourth-order valence-corrected chi connectivity index (χ4v) is 3.86. The average molecular weight is 421 g/mol. The minimum atomic E-state index is -0.573. The lowest BCUT2D eigenvalue weighted by molar-refractivity contribution is -0.169. The Labute approximate surface area is 179 Å². The molecule has 0 unspecified atom stereocenters. The Morgan fingerprint density at radius 2 is 2.06 bits per heavy atom. The fourth-order valence-electron chi connectivity index (χ4n) is 3.86. The number of ether oxygens (including phenoxy) is 2. The zero-order chi connectivity index (χ0) is 21.8. The molecule has 1 amide bonds. The predicted molar refractivity (Wildman–Crippen MR) is 114 cm³/mol. The van der Waals surface area contributed by atoms with E-state index in [-0.39, 0.29) is 23.2 Å². The Morgan fingerprint density at radius 3 is 2.74 bits per heavy atom. The molecule has 0 saturated carbocycles. The van der Waals surface area contributed by atoms with Gasteiger partial charge in [0.05, 0.1) is 18.8 Å². The maximum Gasteiger partial charge on any atom is 0.267 e. The summed E-state index contributed by atoms with van der Waals surface area (Å²) < 4.78 is 13.0. The molecule has 0 atom stereocenters. The molecule has 1 N–H and O–H groups in total. The van der Waals surface area contributed by atoms with E-state index in [4.69, 9.17) is 9.47 Å². The molecule has 0 aromatic carbocycles. The SMILES string of the molecule is C=CCNC(=O)C(C#N)=Cc1c(N2CCC3(CC2)OCCO3)nc2ccccn2c1=O. The molecule has 4 heterocycles. The summed E-state index contributed by atoms with van der Waals surface area (Å²) >= 11 is 0. The molecule has 0 radical (unpaired) electrons. The summed E-state index contributed by atoms with van der Waals surface area (Å²) in [5.74, 6) is -0.703. The van der Waals surface area contributed by atoms with Crippen LogP contribution in [0.5, 0.6) is 0 Å². The Balaban J connectivity index is 1.76. The number of nitrogens with zero attached hydrogens (tertiary/aromatic N) is 4. The molecule has 2 aromatic heterocycles. The molecule has 1 spiro atoms. The lowest BCUT2D eigenvalue weighted by Gasteiger charge is -2.38. The summed E-state index contributed by atoms with van der Waals surface area (Å²) in [7, 11) is 0. The molecule has 0 bridgehead atoms. The van der Waals surface area contributed by atoms with Crippen LogP contribution in [0, 0.1) is 11.3 Å². The van der Waals surface area contributed by atoms with Crippen LogP contribution in [0.25, 0.3) is 11.7 Å². The quantitative estimate of drug-likeness (QED) is 0.440. The van der Waals surface area contributed by atoms with Gasteiger partial charge in [-0.15, -0.1) is 6.58 Å². The summed E-state index contributed by atoms with van der Waals surface area (Å²) in [6.45, 7) is 6.06. The molecule has 2 aliphatic rings. The van der Waals surface area contributed by atoms with E-state index in [9.17, 15) is 14.9 Å². The maximum atomic E-state index is 13.3. The third-order valence-electron chi connectivity index (χ3n) is 5.45. The average Bonchev–Trinajstić information content (AvgIpc) is 3.25. The van der Waals surface area contributed by atoms with E-state index in [0.717, 1.165) is 0 Å². The number of hydrogen-bond acceptors (Lipinski definition) is 7. The Hall–Kier alpha value is -3.48. The summed E-state index contributed by atoms with van der Waals surface area (Å²) in [5, 5.41) is 12.1. The van der Waals surface area contributed by atoms with Crippen LogP contribution in [0.4, 0.5) is 5.82 Å². The molecular formula is C22H23N5O4. The lowest BCUT2D eigenvalue weighted by atomic mass is 10.0. The van der Waals surface area contributed by atoms with Crippen LogP contribution in [0.2, 0.25) is 0 Å². The van der Waals surface area contributed by atoms with E-state index in [0.29, 0.717) is 50.6 Å². The highest BCUT2D eigenvalue weighted by Crippen LogP contribution is 2.33. The molecule has 2 aromatic rings. The summed E-state index contributed by atoms with van der Waals surface area (Å²) in [6, 6.07) is 7.16. The van der Waals surface area contributed by atoms with Gasteiger partial charge in [0.25, 0.3) is 11.5 Å². The fraction of sp³-hybridized carbons (Fsp3) is 0.364. The van der Waals surface area contributed by atoms with Crippen LogP contribution in [0.3, 0.4) is 0 Å². The van der Waals surface area contributed by atoms with Gasteiger partial charge in [0.1, 0.15) is 23.1 Å². The molecule has 31 heavy (non-hydrogen) atoms. The van der Waals surface area contributed by atoms with Gasteiger partial charge in [-0.25, -0.2) is 4.98 Å². The number of rotatable bonds is 5. The van der Waals surface area contributed by atoms with E-state index >= 15 is 0 Å². The zero-order valence-electron chi connectivity index (χ0n) is 17.0. The van der Waals surface area contributed by atoms with E-state index in [1.54, 1.807) is 24.4 Å². The number of fused-ring (bicyclic) bond motifs is 1. The highest BCUT2D eigenvalue weighted by atomic mass is 16.7. The number of nitriles is 1. The molecular weight excluding hydrogens is 398 g/mol. The number of anilines is 1. The second kappa shape index (κ2) is 8.71. The highest BCUT2D eigenvalue weighted by Gasteiger charge is 2.40. The lowest BCUT2D eigenvalue weighted by Crippen LogP contribution is -2.46. The van der Waals surface area contributed by atoms with Gasteiger partial charge in [-0.2, -0.15) is 5.26 Å². The van der Waals surface area contributed by atoms with Gasteiger partial charge in [0, 0.05) is 38.7 Å². The van der Waals surface area contributed by atoms with Crippen molar-refractivity contribution in [3.05, 3.63) is 58.5 Å². The third kappa shape index (κ3) is 4.08. The molecule has 9 heteroatoms. The van der Waals surface area contributed by atoms with E-state index in [2.05, 4.69) is 16.9 Å². The molecule has 0 aliphatic carbocycles. The van der Waals surface area contributed by atoms with Crippen LogP contribution in [-0.4, -0.2) is 53.9 Å². The molecule has 9 nitrogen and oxygen atoms in total. The molecule has 160 valence electrons. The summed E-state index contributed by atoms with van der Waals surface area (Å²) in [4.78, 5) is 32.3. The summed E-state index contributed by atoms with van der Waals surface area (Å²) in [5.41, 5.74) is 0.161. The number of hydrogen-bond donors (Lipinski definition) is 1. The van der Waals surface area contributed by atoms with Crippen LogP contribution in [-0.2, 0) is 14.3 Å². The Morgan fingerprint density at radius 1 is 1.32 bits per heavy atom. The summed E-state index contributed by atoms with van der Waals surface area (Å²) in [6.07, 6.45) is 5.71. The van der Waals surface area contributed by atoms with Gasteiger partial charge in [0.2, 0.25) is 0 Å². The minimum absolute atomic E-state index is 0.172. The zero-order valence-corrected chi connectivity index (χ0v) is 17.0. The van der Waals surface area contributed by atoms with Gasteiger partial charge in [0.15, 0.2) is 5.79 Å². The maximum absolute atomic E-state index is 13.3. The van der Waals surface area contributed by atoms with Crippen molar-refractivity contribution in [2.24, 2.45) is 0 Å². The first-order valence-electron chi connectivity index (χ1n) is 10.1. The van der Waals surface area contributed by atoms with Gasteiger partial charge in [-0.05, 0) is 18.2 Å². The second-order valence-corrected chi connectivity index (χ2v) is 7.35. The number of carbonyl (C=O) groups is 1. The van der Waals surface area contributed by atoms with Crippen molar-refractivity contribution in [2.45, 2.75) is 18.6 Å². The van der Waals surface area contributed by atoms with E-state index < -0.39 is 11.7 Å². The Bertz CT molecular complexity index is 1130. The van der Waals surface area contributed by atoms with E-state index in [1.807, 2.05) is 11.0 Å². The largest absolute Gasteiger partial charge is 0.355 e. The van der Waals surface area contributed by atoms with Crippen molar-refractivity contribution in [1.29, 1.82) is 5.26 Å².